The van der Waals surface area contributed by atoms with E-state index in [-0.39, 0.29) is 5.54 Å². The van der Waals surface area contributed by atoms with Gasteiger partial charge in [0.15, 0.2) is 0 Å². The van der Waals surface area contributed by atoms with Crippen LogP contribution in [-0.4, -0.2) is 18.8 Å². The van der Waals surface area contributed by atoms with Gasteiger partial charge in [-0.2, -0.15) is 0 Å². The molecule has 16 heavy (non-hydrogen) atoms. The predicted molar refractivity (Wildman–Crippen MR) is 64.3 cm³/mol. The van der Waals surface area contributed by atoms with Crippen LogP contribution in [0.25, 0.3) is 0 Å². The van der Waals surface area contributed by atoms with Gasteiger partial charge in [-0.3, -0.25) is 0 Å². The molecule has 0 spiro atoms. The Balaban J connectivity index is 1.85. The molecule has 0 radical (unpaired) electrons. The van der Waals surface area contributed by atoms with Gasteiger partial charge in [0, 0.05) is 18.1 Å². The van der Waals surface area contributed by atoms with Crippen LogP contribution >= 0.6 is 0 Å². The molecule has 2 aliphatic rings. The number of hydrogen-bond donors (Lipinski definition) is 1. The van der Waals surface area contributed by atoms with Crippen LogP contribution in [-0.2, 0) is 17.6 Å². The summed E-state index contributed by atoms with van der Waals surface area (Å²) < 4.78 is 5.48. The van der Waals surface area contributed by atoms with Crippen molar-refractivity contribution in [2.45, 2.75) is 31.2 Å². The van der Waals surface area contributed by atoms with Gasteiger partial charge in [-0.1, -0.05) is 24.3 Å². The van der Waals surface area contributed by atoms with Gasteiger partial charge in [-0.25, -0.2) is 0 Å². The third-order valence-corrected chi connectivity index (χ3v) is 4.24. The van der Waals surface area contributed by atoms with E-state index < -0.39 is 0 Å². The van der Waals surface area contributed by atoms with Crippen LogP contribution in [0.4, 0.5) is 0 Å². The highest BCUT2D eigenvalue weighted by Gasteiger charge is 2.39. The van der Waals surface area contributed by atoms with E-state index in [1.807, 2.05) is 0 Å². The second kappa shape index (κ2) is 3.86. The van der Waals surface area contributed by atoms with Crippen molar-refractivity contribution < 1.29 is 4.74 Å². The van der Waals surface area contributed by atoms with Crippen molar-refractivity contribution in [1.29, 1.82) is 0 Å². The molecule has 1 aliphatic heterocycles. The van der Waals surface area contributed by atoms with Crippen LogP contribution < -0.4 is 5.73 Å². The average molecular weight is 217 g/mol. The molecule has 2 unspecified atom stereocenters. The van der Waals surface area contributed by atoms with Crippen LogP contribution in [0.5, 0.6) is 0 Å². The summed E-state index contributed by atoms with van der Waals surface area (Å²) in [6, 6.07) is 8.71. The molecule has 0 aromatic heterocycles. The van der Waals surface area contributed by atoms with E-state index in [2.05, 4.69) is 24.3 Å². The van der Waals surface area contributed by atoms with Gasteiger partial charge in [0.05, 0.1) is 6.61 Å². The summed E-state index contributed by atoms with van der Waals surface area (Å²) in [5.41, 5.74) is 9.51. The highest BCUT2D eigenvalue weighted by atomic mass is 16.5. The fraction of sp³-hybridized carbons (Fsp3) is 0.571. The number of fused-ring (bicyclic) bond motifs is 1. The van der Waals surface area contributed by atoms with E-state index in [9.17, 15) is 0 Å². The quantitative estimate of drug-likeness (QED) is 0.780. The predicted octanol–water partition coefficient (Wildman–Crippen LogP) is 1.91. The summed E-state index contributed by atoms with van der Waals surface area (Å²) in [5.74, 6) is 0.556. The number of rotatable bonds is 1. The number of nitrogens with two attached hydrogens (primary N) is 1. The molecule has 1 fully saturated rings. The van der Waals surface area contributed by atoms with Crippen molar-refractivity contribution in [3.8, 4) is 0 Å². The van der Waals surface area contributed by atoms with Crippen LogP contribution in [0.15, 0.2) is 24.3 Å². The standard InChI is InChI=1S/C14H19NO/c15-14(13-6-8-16-10-13)7-5-11-3-1-2-4-12(11)9-14/h1-4,13H,5-10,15H2. The Hall–Kier alpha value is -0.860. The molecule has 86 valence electrons. The molecule has 2 N–H and O–H groups in total. The normalized spacial score (nSPS) is 33.7. The summed E-state index contributed by atoms with van der Waals surface area (Å²) in [7, 11) is 0. The highest BCUT2D eigenvalue weighted by molar-refractivity contribution is 5.32. The maximum absolute atomic E-state index is 6.60. The summed E-state index contributed by atoms with van der Waals surface area (Å²) in [6.07, 6.45) is 4.40. The summed E-state index contributed by atoms with van der Waals surface area (Å²) in [4.78, 5) is 0. The van der Waals surface area contributed by atoms with E-state index in [0.717, 1.165) is 38.9 Å². The topological polar surface area (TPSA) is 35.2 Å². The van der Waals surface area contributed by atoms with Gasteiger partial charge in [0.25, 0.3) is 0 Å². The second-order valence-electron chi connectivity index (χ2n) is 5.24. The molecule has 0 saturated carbocycles. The zero-order valence-corrected chi connectivity index (χ0v) is 9.61. The van der Waals surface area contributed by atoms with E-state index in [0.29, 0.717) is 5.92 Å². The minimum atomic E-state index is -0.0230. The lowest BCUT2D eigenvalue weighted by atomic mass is 9.71. The number of ether oxygens (including phenoxy) is 1. The lowest BCUT2D eigenvalue weighted by molar-refractivity contribution is 0.155. The number of aryl methyl sites for hydroxylation is 1. The van der Waals surface area contributed by atoms with Crippen molar-refractivity contribution >= 4 is 0 Å². The largest absolute Gasteiger partial charge is 0.381 e. The van der Waals surface area contributed by atoms with Gasteiger partial charge in [-0.05, 0) is 36.8 Å². The number of hydrogen-bond acceptors (Lipinski definition) is 2. The first-order chi connectivity index (χ1) is 7.78. The van der Waals surface area contributed by atoms with Crippen molar-refractivity contribution in [3.63, 3.8) is 0 Å². The fourth-order valence-electron chi connectivity index (χ4n) is 3.12. The van der Waals surface area contributed by atoms with Gasteiger partial charge >= 0.3 is 0 Å². The van der Waals surface area contributed by atoms with E-state index >= 15 is 0 Å². The molecule has 1 aliphatic carbocycles. The van der Waals surface area contributed by atoms with Gasteiger partial charge < -0.3 is 10.5 Å². The van der Waals surface area contributed by atoms with Crippen molar-refractivity contribution in [2.75, 3.05) is 13.2 Å². The lowest BCUT2D eigenvalue weighted by Crippen LogP contribution is -2.51. The lowest BCUT2D eigenvalue weighted by Gasteiger charge is -2.39. The fourth-order valence-corrected chi connectivity index (χ4v) is 3.12. The third kappa shape index (κ3) is 1.66. The Kier molecular flexibility index (Phi) is 2.49. The first-order valence-corrected chi connectivity index (χ1v) is 6.21. The Morgan fingerprint density at radius 3 is 2.81 bits per heavy atom. The Morgan fingerprint density at radius 2 is 2.06 bits per heavy atom. The Labute approximate surface area is 96.8 Å². The summed E-state index contributed by atoms with van der Waals surface area (Å²) in [5, 5.41) is 0. The number of benzene rings is 1. The van der Waals surface area contributed by atoms with Gasteiger partial charge in [-0.15, -0.1) is 0 Å². The first kappa shape index (κ1) is 10.3. The molecule has 1 heterocycles. The second-order valence-corrected chi connectivity index (χ2v) is 5.24. The molecule has 3 rings (SSSR count). The summed E-state index contributed by atoms with van der Waals surface area (Å²) >= 11 is 0. The smallest absolute Gasteiger partial charge is 0.0512 e. The molecule has 1 saturated heterocycles. The van der Waals surface area contributed by atoms with Gasteiger partial charge in [0.1, 0.15) is 0 Å². The maximum Gasteiger partial charge on any atom is 0.0512 e. The molecule has 1 aromatic carbocycles. The van der Waals surface area contributed by atoms with Crippen LogP contribution in [0.3, 0.4) is 0 Å². The van der Waals surface area contributed by atoms with Crippen LogP contribution in [0.2, 0.25) is 0 Å². The average Bonchev–Trinajstić information content (AvgIpc) is 2.83. The Bertz CT molecular complexity index is 384. The van der Waals surface area contributed by atoms with Crippen LogP contribution in [0, 0.1) is 5.92 Å². The minimum Gasteiger partial charge on any atom is -0.381 e. The third-order valence-electron chi connectivity index (χ3n) is 4.24. The SMILES string of the molecule is NC1(C2CCOC2)CCc2ccccc2C1. The molecule has 1 aromatic rings. The highest BCUT2D eigenvalue weighted by Crippen LogP contribution is 2.35. The zero-order chi connectivity index (χ0) is 11.0. The molecule has 0 amide bonds. The van der Waals surface area contributed by atoms with Crippen molar-refractivity contribution in [3.05, 3.63) is 35.4 Å². The van der Waals surface area contributed by atoms with Crippen molar-refractivity contribution in [1.82, 2.24) is 0 Å². The monoisotopic (exact) mass is 217 g/mol. The Morgan fingerprint density at radius 1 is 1.25 bits per heavy atom. The van der Waals surface area contributed by atoms with Crippen molar-refractivity contribution in [2.24, 2.45) is 11.7 Å². The van der Waals surface area contributed by atoms with Crippen LogP contribution in [0.1, 0.15) is 24.0 Å². The molecular formula is C14H19NO. The molecule has 2 atom stereocenters. The van der Waals surface area contributed by atoms with E-state index in [1.165, 1.54) is 11.1 Å². The molecule has 0 bridgehead atoms. The molecule has 2 nitrogen and oxygen atoms in total. The minimum absolute atomic E-state index is 0.0230. The molecular weight excluding hydrogens is 198 g/mol. The first-order valence-electron chi connectivity index (χ1n) is 6.21. The zero-order valence-electron chi connectivity index (χ0n) is 9.61. The van der Waals surface area contributed by atoms with E-state index in [1.54, 1.807) is 0 Å². The molecule has 2 heteroatoms. The maximum atomic E-state index is 6.60. The van der Waals surface area contributed by atoms with E-state index in [4.69, 9.17) is 10.5 Å². The summed E-state index contributed by atoms with van der Waals surface area (Å²) in [6.45, 7) is 1.75. The van der Waals surface area contributed by atoms with Gasteiger partial charge in [0.2, 0.25) is 0 Å².